The average Bonchev–Trinajstić information content (AvgIpc) is 3.40. The van der Waals surface area contributed by atoms with Gasteiger partial charge in [0.15, 0.2) is 0 Å². The van der Waals surface area contributed by atoms with Crippen molar-refractivity contribution < 1.29 is 26.8 Å². The zero-order valence-electron chi connectivity index (χ0n) is 25.5. The summed E-state index contributed by atoms with van der Waals surface area (Å²) in [5, 5.41) is 2.68. The molecule has 0 bridgehead atoms. The summed E-state index contributed by atoms with van der Waals surface area (Å²) in [6.45, 7) is 1.54. The van der Waals surface area contributed by atoms with Gasteiger partial charge in [-0.1, -0.05) is 11.6 Å². The molecule has 7 N–H and O–H groups in total. The van der Waals surface area contributed by atoms with Crippen molar-refractivity contribution in [1.29, 1.82) is 0 Å². The van der Waals surface area contributed by atoms with E-state index >= 15 is 8.78 Å². The number of hydrogen-bond acceptors (Lipinski definition) is 9. The van der Waals surface area contributed by atoms with Gasteiger partial charge in [0.1, 0.15) is 11.0 Å². The molecule has 16 heteroatoms. The molecule has 3 fully saturated rings. The highest BCUT2D eigenvalue weighted by molar-refractivity contribution is 7.89. The number of benzene rings is 1. The molecule has 2 atom stereocenters. The Morgan fingerprint density at radius 1 is 1.09 bits per heavy atom. The second-order valence-electron chi connectivity index (χ2n) is 12.3. The lowest BCUT2D eigenvalue weighted by atomic mass is 9.77. The number of nitrogens with one attached hydrogen (secondary N) is 1. The summed E-state index contributed by atoms with van der Waals surface area (Å²) in [5.74, 6) is -4.57. The molecule has 2 aliphatic heterocycles. The number of nitrogens with zero attached hydrogens (tertiary/aromatic N) is 4. The molecule has 2 amide bonds. The largest absolute Gasteiger partial charge is 0.354 e. The first-order valence-electron chi connectivity index (χ1n) is 15.5. The fourth-order valence-corrected chi connectivity index (χ4v) is 7.97. The Morgan fingerprint density at radius 2 is 1.74 bits per heavy atom. The number of alkyl halides is 2. The average molecular weight is 683 g/mol. The summed E-state index contributed by atoms with van der Waals surface area (Å²) in [6.07, 6.45) is 1.25. The van der Waals surface area contributed by atoms with Crippen LogP contribution < -0.4 is 32.3 Å². The second kappa shape index (κ2) is 14.0. The third-order valence-electron chi connectivity index (χ3n) is 9.12. The van der Waals surface area contributed by atoms with Crippen molar-refractivity contribution in [2.45, 2.75) is 55.0 Å². The molecule has 0 radical (unpaired) electrons. The van der Waals surface area contributed by atoms with E-state index in [0.29, 0.717) is 25.1 Å². The minimum absolute atomic E-state index is 0.0796. The van der Waals surface area contributed by atoms with E-state index in [0.717, 1.165) is 0 Å². The smallest absolute Gasteiger partial charge is 0.276 e. The van der Waals surface area contributed by atoms with Crippen LogP contribution in [-0.2, 0) is 25.5 Å². The van der Waals surface area contributed by atoms with Gasteiger partial charge in [0.05, 0.1) is 4.90 Å². The van der Waals surface area contributed by atoms with Crippen molar-refractivity contribution in [2.75, 3.05) is 55.6 Å². The molecule has 1 unspecified atom stereocenters. The Bertz CT molecular complexity index is 1520. The van der Waals surface area contributed by atoms with E-state index in [2.05, 4.69) is 10.3 Å². The van der Waals surface area contributed by atoms with E-state index in [1.165, 1.54) is 28.6 Å². The zero-order chi connectivity index (χ0) is 33.2. The Kier molecular flexibility index (Phi) is 10.5. The number of hydrogen-bond donors (Lipinski definition) is 4. The van der Waals surface area contributed by atoms with Crippen molar-refractivity contribution in [1.82, 2.24) is 14.6 Å². The predicted octanol–water partition coefficient (Wildman–Crippen LogP) is 1.61. The summed E-state index contributed by atoms with van der Waals surface area (Å²) < 4.78 is 59.7. The number of piperazine rings is 1. The Labute approximate surface area is 272 Å². The molecule has 2 saturated heterocycles. The number of rotatable bonds is 10. The van der Waals surface area contributed by atoms with E-state index in [1.807, 2.05) is 0 Å². The van der Waals surface area contributed by atoms with Gasteiger partial charge in [-0.05, 0) is 62.1 Å². The maximum Gasteiger partial charge on any atom is 0.276 e. The van der Waals surface area contributed by atoms with Crippen LogP contribution in [0, 0.1) is 11.8 Å². The molecule has 0 spiro atoms. The van der Waals surface area contributed by atoms with Crippen LogP contribution in [0.4, 0.5) is 20.3 Å². The third-order valence-corrected chi connectivity index (χ3v) is 11.2. The number of amides is 2. The summed E-state index contributed by atoms with van der Waals surface area (Å²) in [4.78, 5) is 32.3. The molecule has 12 nitrogen and oxygen atoms in total. The highest BCUT2D eigenvalue weighted by Gasteiger charge is 2.44. The molecule has 252 valence electrons. The molecular weight excluding hydrogens is 642 g/mol. The van der Waals surface area contributed by atoms with E-state index in [1.54, 1.807) is 21.9 Å². The van der Waals surface area contributed by atoms with Gasteiger partial charge in [0, 0.05) is 87.4 Å². The second-order valence-corrected chi connectivity index (χ2v) is 14.6. The van der Waals surface area contributed by atoms with Gasteiger partial charge in [0.25, 0.3) is 5.92 Å². The van der Waals surface area contributed by atoms with Gasteiger partial charge < -0.3 is 32.3 Å². The lowest BCUT2D eigenvalue weighted by Crippen LogP contribution is -2.49. The first-order chi connectivity index (χ1) is 21.8. The molecule has 2 aromatic rings. The first kappa shape index (κ1) is 34.4. The number of carbonyl (C=O) groups is 2. The van der Waals surface area contributed by atoms with Crippen molar-refractivity contribution in [3.63, 3.8) is 0 Å². The first-order valence-corrected chi connectivity index (χ1v) is 17.3. The van der Waals surface area contributed by atoms with Crippen LogP contribution in [-0.4, -0.2) is 87.4 Å². The van der Waals surface area contributed by atoms with Gasteiger partial charge >= 0.3 is 0 Å². The third kappa shape index (κ3) is 7.44. The van der Waals surface area contributed by atoms with E-state index in [4.69, 9.17) is 28.8 Å². The van der Waals surface area contributed by atoms with Gasteiger partial charge in [-0.25, -0.2) is 22.2 Å². The molecule has 5 rings (SSSR count). The molecule has 3 heterocycles. The molecule has 3 aliphatic rings. The number of halogens is 3. The Hall–Kier alpha value is -2.95. The lowest BCUT2D eigenvalue weighted by Gasteiger charge is -2.36. The van der Waals surface area contributed by atoms with Gasteiger partial charge in [-0.3, -0.25) is 9.59 Å². The summed E-state index contributed by atoms with van der Waals surface area (Å²) in [5.41, 5.74) is 17.4. The van der Waals surface area contributed by atoms with Gasteiger partial charge in [-0.15, -0.1) is 0 Å². The minimum Gasteiger partial charge on any atom is -0.354 e. The Morgan fingerprint density at radius 3 is 2.33 bits per heavy atom. The maximum absolute atomic E-state index is 15.8. The van der Waals surface area contributed by atoms with Crippen molar-refractivity contribution in [3.8, 4) is 0 Å². The monoisotopic (exact) mass is 682 g/mol. The fourth-order valence-electron chi connectivity index (χ4n) is 6.34. The number of aromatic nitrogens is 1. The molecule has 1 aliphatic carbocycles. The Balaban J connectivity index is 1.20. The summed E-state index contributed by atoms with van der Waals surface area (Å²) >= 11 is 6.23. The van der Waals surface area contributed by atoms with Crippen molar-refractivity contribution in [3.05, 3.63) is 47.1 Å². The van der Waals surface area contributed by atoms with Crippen LogP contribution in [0.1, 0.15) is 37.7 Å². The highest BCUT2D eigenvalue weighted by atomic mass is 35.5. The molecular formula is C30H41ClF2N8O4S. The SMILES string of the molecule is NCC(N)CNC(=O)[C@H]1CC[C@H](C(F)(F)c2cc(Cl)nc(N3CCN(S(=O)(=O)c4ccc(N5C[C@H](N)CC5=O)cc4)CC3)c2)CC1. The number of carbonyl (C=O) groups excluding carboxylic acids is 2. The highest BCUT2D eigenvalue weighted by Crippen LogP contribution is 2.46. The topological polar surface area (TPSA) is 181 Å². The summed E-state index contributed by atoms with van der Waals surface area (Å²) in [6, 6.07) is 8.02. The molecule has 46 heavy (non-hydrogen) atoms. The quantitative estimate of drug-likeness (QED) is 0.271. The van der Waals surface area contributed by atoms with Crippen molar-refractivity contribution >= 4 is 44.9 Å². The maximum atomic E-state index is 15.8. The fraction of sp³-hybridized carbons (Fsp3) is 0.567. The van der Waals surface area contributed by atoms with Crippen LogP contribution in [0.25, 0.3) is 0 Å². The van der Waals surface area contributed by atoms with Crippen molar-refractivity contribution in [2.24, 2.45) is 29.0 Å². The zero-order valence-corrected chi connectivity index (χ0v) is 27.0. The van der Waals surface area contributed by atoms with E-state index in [9.17, 15) is 18.0 Å². The number of pyridine rings is 1. The molecule has 1 saturated carbocycles. The van der Waals surface area contributed by atoms with E-state index in [-0.39, 0.29) is 110 Å². The number of nitrogens with two attached hydrogens (primary N) is 3. The minimum atomic E-state index is -3.83. The van der Waals surface area contributed by atoms with Crippen LogP contribution >= 0.6 is 11.6 Å². The van der Waals surface area contributed by atoms with Gasteiger partial charge in [0.2, 0.25) is 21.8 Å². The van der Waals surface area contributed by atoms with E-state index < -0.39 is 21.9 Å². The number of sulfonamides is 1. The lowest BCUT2D eigenvalue weighted by molar-refractivity contribution is -0.129. The molecule has 1 aromatic carbocycles. The van der Waals surface area contributed by atoms with Gasteiger partial charge in [-0.2, -0.15) is 4.31 Å². The normalized spacial score (nSPS) is 23.9. The standard InChI is InChI=1S/C30H41ClF2N8O4S/c31-26-13-21(30(32,33)20-3-1-19(2-4-20)29(43)37-17-23(36)16-34)14-27(38-26)39-9-11-40(12-10-39)46(44,45)25-7-5-24(6-8-25)41-18-22(35)15-28(41)42/h5-8,13-14,19-20,22-23H,1-4,9-12,15-18,34-36H2,(H,37,43)/t19-,20-,22-,23?/m1/s1. The predicted molar refractivity (Wildman–Crippen MR) is 171 cm³/mol. The number of anilines is 2. The van der Waals surface area contributed by atoms with Crippen LogP contribution in [0.3, 0.4) is 0 Å². The molecule has 1 aromatic heterocycles. The van der Waals surface area contributed by atoms with Crippen LogP contribution in [0.5, 0.6) is 0 Å². The van der Waals surface area contributed by atoms with Crippen LogP contribution in [0.2, 0.25) is 5.15 Å². The summed E-state index contributed by atoms with van der Waals surface area (Å²) in [7, 11) is -3.83. The van der Waals surface area contributed by atoms with Crippen LogP contribution in [0.15, 0.2) is 41.3 Å².